The van der Waals surface area contributed by atoms with Crippen molar-refractivity contribution >= 4 is 15.7 Å². The average molecular weight is 298 g/mol. The van der Waals surface area contributed by atoms with Gasteiger partial charge in [-0.3, -0.25) is 0 Å². The van der Waals surface area contributed by atoms with E-state index in [1.54, 1.807) is 25.3 Å². The first kappa shape index (κ1) is 15.3. The number of hydrogen-bond acceptors (Lipinski definition) is 4. The molecule has 5 nitrogen and oxygen atoms in total. The third-order valence-electron chi connectivity index (χ3n) is 3.33. The molecule has 0 aromatic heterocycles. The monoisotopic (exact) mass is 298 g/mol. The van der Waals surface area contributed by atoms with E-state index in [1.807, 2.05) is 19.9 Å². The smallest absolute Gasteiger partial charge is 0.242 e. The summed E-state index contributed by atoms with van der Waals surface area (Å²) in [5.74, 6) is 0. The lowest BCUT2D eigenvalue weighted by molar-refractivity contribution is 0.0343. The number of benzene rings is 1. The average Bonchev–Trinajstić information content (AvgIpc) is 3.20. The molecular formula is C14H22N2O3S. The number of para-hydroxylation sites is 1. The minimum atomic E-state index is -3.46. The molecule has 20 heavy (non-hydrogen) atoms. The Kier molecular flexibility index (Phi) is 4.36. The van der Waals surface area contributed by atoms with Crippen LogP contribution in [0.5, 0.6) is 0 Å². The lowest BCUT2D eigenvalue weighted by Crippen LogP contribution is -2.33. The minimum Gasteiger partial charge on any atom is -0.381 e. The van der Waals surface area contributed by atoms with E-state index in [0.29, 0.717) is 17.1 Å². The van der Waals surface area contributed by atoms with Crippen molar-refractivity contribution in [1.29, 1.82) is 0 Å². The summed E-state index contributed by atoms with van der Waals surface area (Å²) >= 11 is 0. The highest BCUT2D eigenvalue weighted by atomic mass is 32.2. The van der Waals surface area contributed by atoms with Crippen molar-refractivity contribution < 1.29 is 13.2 Å². The Morgan fingerprint density at radius 2 is 1.95 bits per heavy atom. The van der Waals surface area contributed by atoms with Gasteiger partial charge in [-0.25, -0.2) is 13.1 Å². The number of ether oxygens (including phenoxy) is 1. The molecule has 0 aliphatic heterocycles. The van der Waals surface area contributed by atoms with Crippen LogP contribution in [-0.2, 0) is 14.8 Å². The van der Waals surface area contributed by atoms with E-state index in [2.05, 4.69) is 10.0 Å². The van der Waals surface area contributed by atoms with Crippen LogP contribution in [0.15, 0.2) is 29.2 Å². The Morgan fingerprint density at radius 3 is 2.55 bits per heavy atom. The Bertz CT molecular complexity index is 566. The van der Waals surface area contributed by atoms with Crippen LogP contribution in [0.3, 0.4) is 0 Å². The van der Waals surface area contributed by atoms with Gasteiger partial charge in [-0.15, -0.1) is 0 Å². The maximum atomic E-state index is 12.3. The molecule has 0 amide bonds. The summed E-state index contributed by atoms with van der Waals surface area (Å²) in [6.07, 6.45) is 1.84. The molecular weight excluding hydrogens is 276 g/mol. The van der Waals surface area contributed by atoms with Gasteiger partial charge in [0.25, 0.3) is 0 Å². The van der Waals surface area contributed by atoms with Gasteiger partial charge < -0.3 is 10.1 Å². The molecule has 0 radical (unpaired) electrons. The van der Waals surface area contributed by atoms with Crippen LogP contribution in [0, 0.1) is 0 Å². The molecule has 1 fully saturated rings. The van der Waals surface area contributed by atoms with Gasteiger partial charge in [0.15, 0.2) is 0 Å². The van der Waals surface area contributed by atoms with Gasteiger partial charge >= 0.3 is 0 Å². The van der Waals surface area contributed by atoms with Gasteiger partial charge in [0.05, 0.1) is 11.3 Å². The fourth-order valence-corrected chi connectivity index (χ4v) is 3.20. The van der Waals surface area contributed by atoms with Crippen molar-refractivity contribution in [3.63, 3.8) is 0 Å². The number of rotatable bonds is 7. The molecule has 1 saturated carbocycles. The first-order valence-electron chi connectivity index (χ1n) is 6.74. The summed E-state index contributed by atoms with van der Waals surface area (Å²) in [6.45, 7) is 4.42. The summed E-state index contributed by atoms with van der Waals surface area (Å²) in [6, 6.07) is 7.04. The van der Waals surface area contributed by atoms with Crippen LogP contribution >= 0.6 is 0 Å². The zero-order valence-electron chi connectivity index (χ0n) is 12.1. The van der Waals surface area contributed by atoms with Crippen molar-refractivity contribution in [2.75, 3.05) is 19.0 Å². The van der Waals surface area contributed by atoms with Crippen LogP contribution in [0.2, 0.25) is 0 Å². The zero-order valence-corrected chi connectivity index (χ0v) is 13.0. The largest absolute Gasteiger partial charge is 0.381 e. The third kappa shape index (κ3) is 3.94. The molecule has 0 unspecified atom stereocenters. The van der Waals surface area contributed by atoms with Crippen molar-refractivity contribution in [3.05, 3.63) is 24.3 Å². The lowest BCUT2D eigenvalue weighted by atomic mass is 10.1. The van der Waals surface area contributed by atoms with E-state index in [1.165, 1.54) is 0 Å². The van der Waals surface area contributed by atoms with Crippen LogP contribution in [0.25, 0.3) is 0 Å². The molecule has 0 saturated heterocycles. The standard InChI is InChI=1S/C14H22N2O3S/c1-14(2,19-3)10-15-12-6-4-5-7-13(12)20(17,18)16-11-8-9-11/h4-7,11,15-16H,8-10H2,1-3H3. The third-order valence-corrected chi connectivity index (χ3v) is 4.91. The van der Waals surface area contributed by atoms with Gasteiger partial charge in [-0.05, 0) is 38.8 Å². The first-order valence-corrected chi connectivity index (χ1v) is 8.23. The quantitative estimate of drug-likeness (QED) is 0.807. The molecule has 0 bridgehead atoms. The number of methoxy groups -OCH3 is 1. The number of sulfonamides is 1. The molecule has 0 heterocycles. The van der Waals surface area contributed by atoms with Gasteiger partial charge in [0.1, 0.15) is 4.90 Å². The maximum Gasteiger partial charge on any atom is 0.242 e. The fourth-order valence-electron chi connectivity index (χ4n) is 1.71. The number of anilines is 1. The highest BCUT2D eigenvalue weighted by Gasteiger charge is 2.29. The van der Waals surface area contributed by atoms with Crippen LogP contribution in [0.1, 0.15) is 26.7 Å². The first-order chi connectivity index (χ1) is 9.34. The topological polar surface area (TPSA) is 67.4 Å². The van der Waals surface area contributed by atoms with Crippen molar-refractivity contribution in [2.24, 2.45) is 0 Å². The fraction of sp³-hybridized carbons (Fsp3) is 0.571. The zero-order chi connectivity index (χ0) is 14.8. The van der Waals surface area contributed by atoms with Gasteiger partial charge in [-0.1, -0.05) is 12.1 Å². The molecule has 1 aromatic rings. The van der Waals surface area contributed by atoms with Gasteiger partial charge in [0, 0.05) is 19.7 Å². The van der Waals surface area contributed by atoms with Crippen molar-refractivity contribution in [3.8, 4) is 0 Å². The number of nitrogens with one attached hydrogen (secondary N) is 2. The number of hydrogen-bond donors (Lipinski definition) is 2. The SMILES string of the molecule is COC(C)(C)CNc1ccccc1S(=O)(=O)NC1CC1. The van der Waals surface area contributed by atoms with Crippen molar-refractivity contribution in [2.45, 2.75) is 43.2 Å². The summed E-state index contributed by atoms with van der Waals surface area (Å²) in [5.41, 5.74) is 0.242. The van der Waals surface area contributed by atoms with Crippen LogP contribution in [0.4, 0.5) is 5.69 Å². The maximum absolute atomic E-state index is 12.3. The Morgan fingerprint density at radius 1 is 1.30 bits per heavy atom. The van der Waals surface area contributed by atoms with E-state index in [0.717, 1.165) is 12.8 Å². The molecule has 2 rings (SSSR count). The summed E-state index contributed by atoms with van der Waals surface area (Å²) in [7, 11) is -1.82. The van der Waals surface area contributed by atoms with Crippen LogP contribution in [-0.4, -0.2) is 33.7 Å². The van der Waals surface area contributed by atoms with E-state index >= 15 is 0 Å². The highest BCUT2D eigenvalue weighted by Crippen LogP contribution is 2.26. The van der Waals surface area contributed by atoms with E-state index in [9.17, 15) is 8.42 Å². The molecule has 1 aliphatic rings. The molecule has 0 spiro atoms. The molecule has 1 aliphatic carbocycles. The lowest BCUT2D eigenvalue weighted by Gasteiger charge is -2.24. The van der Waals surface area contributed by atoms with E-state index < -0.39 is 10.0 Å². The predicted molar refractivity (Wildman–Crippen MR) is 79.4 cm³/mol. The summed E-state index contributed by atoms with van der Waals surface area (Å²) in [4.78, 5) is 0.291. The Hall–Kier alpha value is -1.11. The second-order valence-electron chi connectivity index (χ2n) is 5.71. The van der Waals surface area contributed by atoms with Gasteiger partial charge in [0.2, 0.25) is 10.0 Å². The normalized spacial score (nSPS) is 16.1. The Balaban J connectivity index is 2.17. The second-order valence-corrected chi connectivity index (χ2v) is 7.39. The molecule has 0 atom stereocenters. The second kappa shape index (κ2) is 5.71. The predicted octanol–water partition coefficient (Wildman–Crippen LogP) is 1.96. The van der Waals surface area contributed by atoms with Crippen LogP contribution < -0.4 is 10.0 Å². The molecule has 6 heteroatoms. The summed E-state index contributed by atoms with van der Waals surface area (Å²) < 4.78 is 32.7. The highest BCUT2D eigenvalue weighted by molar-refractivity contribution is 7.89. The molecule has 112 valence electrons. The minimum absolute atomic E-state index is 0.100. The molecule has 2 N–H and O–H groups in total. The van der Waals surface area contributed by atoms with E-state index in [4.69, 9.17) is 4.74 Å². The van der Waals surface area contributed by atoms with Gasteiger partial charge in [-0.2, -0.15) is 0 Å². The summed E-state index contributed by atoms with van der Waals surface area (Å²) in [5, 5.41) is 3.16. The molecule has 1 aromatic carbocycles. The van der Waals surface area contributed by atoms with E-state index in [-0.39, 0.29) is 11.6 Å². The van der Waals surface area contributed by atoms with Crippen molar-refractivity contribution in [1.82, 2.24) is 4.72 Å². The Labute approximate surface area is 120 Å².